The highest BCUT2D eigenvalue weighted by atomic mass is 19.1. The standard InChI is InChI=1S/C16H18FN5O/c1-7-4-5-10-11(6-7)12(8(2)13(10)23)19-16-21-14(9(3)17)20-15(18)22-16/h4-6,8-9,12H,1-3H3,(H3,18,19,20,21,22)/t8-,9?,12-/m1/s1. The average Bonchev–Trinajstić information content (AvgIpc) is 2.71. The summed E-state index contributed by atoms with van der Waals surface area (Å²) < 4.78 is 13.4. The van der Waals surface area contributed by atoms with Gasteiger partial charge in [-0.05, 0) is 19.4 Å². The molecule has 3 N–H and O–H groups in total. The van der Waals surface area contributed by atoms with Gasteiger partial charge in [0.1, 0.15) is 0 Å². The van der Waals surface area contributed by atoms with Crippen LogP contribution in [0.3, 0.4) is 0 Å². The van der Waals surface area contributed by atoms with Gasteiger partial charge < -0.3 is 11.1 Å². The smallest absolute Gasteiger partial charge is 0.228 e. The van der Waals surface area contributed by atoms with E-state index in [0.717, 1.165) is 11.1 Å². The van der Waals surface area contributed by atoms with Crippen LogP contribution in [0.1, 0.15) is 53.4 Å². The molecule has 0 radical (unpaired) electrons. The Morgan fingerprint density at radius 1 is 1.30 bits per heavy atom. The number of carbonyl (C=O) groups excluding carboxylic acids is 1. The number of nitrogens with two attached hydrogens (primary N) is 1. The highest BCUT2D eigenvalue weighted by Crippen LogP contribution is 2.38. The molecule has 7 heteroatoms. The van der Waals surface area contributed by atoms with Gasteiger partial charge in [-0.2, -0.15) is 15.0 Å². The molecule has 3 atom stereocenters. The number of ketones is 1. The number of aryl methyl sites for hydroxylation is 1. The van der Waals surface area contributed by atoms with E-state index in [4.69, 9.17) is 5.73 Å². The molecule has 3 rings (SSSR count). The van der Waals surface area contributed by atoms with Crippen molar-refractivity contribution >= 4 is 17.7 Å². The number of nitrogens with zero attached hydrogens (tertiary/aromatic N) is 3. The van der Waals surface area contributed by atoms with E-state index in [1.807, 2.05) is 32.0 Å². The number of hydrogen-bond donors (Lipinski definition) is 2. The van der Waals surface area contributed by atoms with E-state index in [1.165, 1.54) is 6.92 Å². The molecule has 120 valence electrons. The first kappa shape index (κ1) is 15.3. The zero-order valence-corrected chi connectivity index (χ0v) is 13.2. The molecule has 0 aliphatic heterocycles. The Labute approximate surface area is 133 Å². The summed E-state index contributed by atoms with van der Waals surface area (Å²) in [5.41, 5.74) is 8.27. The molecule has 0 fully saturated rings. The van der Waals surface area contributed by atoms with E-state index in [9.17, 15) is 9.18 Å². The number of rotatable bonds is 3. The van der Waals surface area contributed by atoms with E-state index in [0.29, 0.717) is 5.56 Å². The van der Waals surface area contributed by atoms with Gasteiger partial charge in [0.05, 0.1) is 6.04 Å². The summed E-state index contributed by atoms with van der Waals surface area (Å²) in [5.74, 6) is -0.101. The van der Waals surface area contributed by atoms with Gasteiger partial charge in [0.2, 0.25) is 11.9 Å². The maximum atomic E-state index is 13.4. The van der Waals surface area contributed by atoms with Crippen LogP contribution in [-0.2, 0) is 0 Å². The average molecular weight is 315 g/mol. The van der Waals surface area contributed by atoms with E-state index in [2.05, 4.69) is 20.3 Å². The molecule has 1 aliphatic carbocycles. The van der Waals surface area contributed by atoms with Crippen LogP contribution in [0.4, 0.5) is 16.3 Å². The maximum absolute atomic E-state index is 13.4. The fourth-order valence-corrected chi connectivity index (χ4v) is 2.82. The summed E-state index contributed by atoms with van der Waals surface area (Å²) in [6.07, 6.45) is -1.35. The first-order valence-electron chi connectivity index (χ1n) is 7.43. The lowest BCUT2D eigenvalue weighted by Gasteiger charge is -2.18. The molecule has 1 heterocycles. The monoisotopic (exact) mass is 315 g/mol. The summed E-state index contributed by atoms with van der Waals surface area (Å²) in [6.45, 7) is 5.14. The molecule has 1 aromatic heterocycles. The number of benzene rings is 1. The van der Waals surface area contributed by atoms with E-state index >= 15 is 0 Å². The van der Waals surface area contributed by atoms with Crippen LogP contribution >= 0.6 is 0 Å². The molecule has 23 heavy (non-hydrogen) atoms. The SMILES string of the molecule is Cc1ccc2c(c1)[C@H](Nc1nc(N)nc(C(C)F)n1)[C@@H](C)C2=O. The summed E-state index contributed by atoms with van der Waals surface area (Å²) >= 11 is 0. The van der Waals surface area contributed by atoms with Crippen LogP contribution in [0.25, 0.3) is 0 Å². The largest absolute Gasteiger partial charge is 0.368 e. The highest BCUT2D eigenvalue weighted by molar-refractivity contribution is 6.03. The van der Waals surface area contributed by atoms with Crippen molar-refractivity contribution < 1.29 is 9.18 Å². The third-order valence-corrected chi connectivity index (χ3v) is 4.03. The van der Waals surface area contributed by atoms with Gasteiger partial charge in [0, 0.05) is 11.5 Å². The number of alkyl halides is 1. The minimum absolute atomic E-state index is 0.0264. The number of anilines is 2. The Bertz CT molecular complexity index is 777. The van der Waals surface area contributed by atoms with Gasteiger partial charge in [0.25, 0.3) is 0 Å². The quantitative estimate of drug-likeness (QED) is 0.904. The van der Waals surface area contributed by atoms with Crippen LogP contribution < -0.4 is 11.1 Å². The molecule has 1 aromatic carbocycles. The Kier molecular flexibility index (Phi) is 3.71. The Morgan fingerprint density at radius 3 is 2.74 bits per heavy atom. The van der Waals surface area contributed by atoms with Gasteiger partial charge >= 0.3 is 0 Å². The van der Waals surface area contributed by atoms with Crippen molar-refractivity contribution in [2.75, 3.05) is 11.1 Å². The van der Waals surface area contributed by atoms with E-state index in [1.54, 1.807) is 0 Å². The number of carbonyl (C=O) groups is 1. The first-order valence-corrected chi connectivity index (χ1v) is 7.43. The van der Waals surface area contributed by atoms with Crippen LogP contribution in [0.2, 0.25) is 0 Å². The normalized spacial score (nSPS) is 21.1. The molecular formula is C16H18FN5O. The molecule has 0 saturated heterocycles. The zero-order chi connectivity index (χ0) is 16.7. The number of nitrogens with one attached hydrogen (secondary N) is 1. The molecule has 0 bridgehead atoms. The molecule has 1 unspecified atom stereocenters. The summed E-state index contributed by atoms with van der Waals surface area (Å²) in [7, 11) is 0. The maximum Gasteiger partial charge on any atom is 0.228 e. The van der Waals surface area contributed by atoms with Crippen LogP contribution in [0, 0.1) is 12.8 Å². The summed E-state index contributed by atoms with van der Waals surface area (Å²) in [4.78, 5) is 24.2. The lowest BCUT2D eigenvalue weighted by atomic mass is 10.0. The van der Waals surface area contributed by atoms with Crippen LogP contribution in [0.5, 0.6) is 0 Å². The van der Waals surface area contributed by atoms with Crippen molar-refractivity contribution in [3.05, 3.63) is 40.7 Å². The Balaban J connectivity index is 1.98. The lowest BCUT2D eigenvalue weighted by Crippen LogP contribution is -2.20. The predicted octanol–water partition coefficient (Wildman–Crippen LogP) is 2.78. The van der Waals surface area contributed by atoms with Gasteiger partial charge in [-0.3, -0.25) is 4.79 Å². The molecular weight excluding hydrogens is 297 g/mol. The second-order valence-electron chi connectivity index (χ2n) is 5.86. The van der Waals surface area contributed by atoms with E-state index < -0.39 is 6.17 Å². The van der Waals surface area contributed by atoms with Crippen LogP contribution in [0.15, 0.2) is 18.2 Å². The summed E-state index contributed by atoms with van der Waals surface area (Å²) in [6, 6.07) is 5.44. The van der Waals surface area contributed by atoms with Gasteiger partial charge in [0.15, 0.2) is 17.8 Å². The van der Waals surface area contributed by atoms with Gasteiger partial charge in [-0.1, -0.05) is 30.7 Å². The second-order valence-corrected chi connectivity index (χ2v) is 5.86. The number of aromatic nitrogens is 3. The Morgan fingerprint density at radius 2 is 2.04 bits per heavy atom. The highest BCUT2D eigenvalue weighted by Gasteiger charge is 2.37. The van der Waals surface area contributed by atoms with Crippen LogP contribution in [-0.4, -0.2) is 20.7 Å². The van der Waals surface area contributed by atoms with Gasteiger partial charge in [-0.15, -0.1) is 0 Å². The molecule has 2 aromatic rings. The van der Waals surface area contributed by atoms with Gasteiger partial charge in [-0.25, -0.2) is 4.39 Å². The Hall–Kier alpha value is -2.57. The zero-order valence-electron chi connectivity index (χ0n) is 13.2. The first-order chi connectivity index (χ1) is 10.9. The second kappa shape index (κ2) is 5.57. The molecule has 0 spiro atoms. The van der Waals surface area contributed by atoms with Crippen molar-refractivity contribution in [3.63, 3.8) is 0 Å². The minimum Gasteiger partial charge on any atom is -0.368 e. The lowest BCUT2D eigenvalue weighted by molar-refractivity contribution is 0.0938. The number of halogens is 1. The molecule has 0 saturated carbocycles. The summed E-state index contributed by atoms with van der Waals surface area (Å²) in [5, 5.41) is 3.11. The van der Waals surface area contributed by atoms with Crippen molar-refractivity contribution in [1.82, 2.24) is 15.0 Å². The third-order valence-electron chi connectivity index (χ3n) is 4.03. The molecule has 0 amide bonds. The molecule has 6 nitrogen and oxygen atoms in total. The minimum atomic E-state index is -1.35. The fraction of sp³-hybridized carbons (Fsp3) is 0.375. The van der Waals surface area contributed by atoms with Crippen molar-refractivity contribution in [3.8, 4) is 0 Å². The fourth-order valence-electron chi connectivity index (χ4n) is 2.82. The number of Topliss-reactive ketones (excluding diaryl/α,β-unsaturated/α-hetero) is 1. The van der Waals surface area contributed by atoms with Crippen molar-refractivity contribution in [1.29, 1.82) is 0 Å². The number of hydrogen-bond acceptors (Lipinski definition) is 6. The van der Waals surface area contributed by atoms with Crippen molar-refractivity contribution in [2.45, 2.75) is 33.0 Å². The van der Waals surface area contributed by atoms with E-state index in [-0.39, 0.29) is 35.5 Å². The molecule has 1 aliphatic rings. The number of fused-ring (bicyclic) bond motifs is 1. The third kappa shape index (κ3) is 2.74. The number of nitrogen functional groups attached to an aromatic ring is 1. The predicted molar refractivity (Wildman–Crippen MR) is 84.8 cm³/mol. The van der Waals surface area contributed by atoms with Crippen molar-refractivity contribution in [2.24, 2.45) is 5.92 Å². The topological polar surface area (TPSA) is 93.8 Å².